The minimum Gasteiger partial charge on any atom is -0.437 e. The van der Waals surface area contributed by atoms with E-state index >= 15 is 0 Å². The van der Waals surface area contributed by atoms with Gasteiger partial charge in [-0.3, -0.25) is 5.43 Å². The van der Waals surface area contributed by atoms with Gasteiger partial charge in [-0.05, 0) is 36.8 Å². The zero-order valence-electron chi connectivity index (χ0n) is 11.3. The van der Waals surface area contributed by atoms with Crippen LogP contribution in [0.2, 0.25) is 5.02 Å². The summed E-state index contributed by atoms with van der Waals surface area (Å²) >= 11 is 6.16. The summed E-state index contributed by atoms with van der Waals surface area (Å²) in [5, 5.41) is 1.31. The van der Waals surface area contributed by atoms with Crippen molar-refractivity contribution in [3.8, 4) is 11.6 Å². The second-order valence-corrected chi connectivity index (χ2v) is 4.96. The number of para-hydroxylation sites is 1. The monoisotopic (exact) mass is 300 g/mol. The summed E-state index contributed by atoms with van der Waals surface area (Å²) in [6, 6.07) is 13.1. The molecule has 2 aromatic carbocycles. The zero-order chi connectivity index (χ0) is 14.8. The highest BCUT2D eigenvalue weighted by Crippen LogP contribution is 2.33. The number of halogens is 1. The SMILES string of the molecule is Cc1ccc(Cl)c(Oc2nc(NN)nc3ccccc23)c1. The summed E-state index contributed by atoms with van der Waals surface area (Å²) in [6.45, 7) is 1.97. The quantitative estimate of drug-likeness (QED) is 0.570. The van der Waals surface area contributed by atoms with Crippen LogP contribution >= 0.6 is 11.6 Å². The number of aryl methyl sites for hydroxylation is 1. The fourth-order valence-corrected chi connectivity index (χ4v) is 2.14. The van der Waals surface area contributed by atoms with Crippen LogP contribution in [0.4, 0.5) is 5.95 Å². The third-order valence-corrected chi connectivity index (χ3v) is 3.30. The van der Waals surface area contributed by atoms with E-state index in [0.717, 1.165) is 16.5 Å². The second-order valence-electron chi connectivity index (χ2n) is 4.55. The predicted octanol–water partition coefficient (Wildman–Crippen LogP) is 3.67. The van der Waals surface area contributed by atoms with Crippen molar-refractivity contribution in [2.24, 2.45) is 5.84 Å². The molecule has 0 aliphatic heterocycles. The van der Waals surface area contributed by atoms with Gasteiger partial charge in [0.2, 0.25) is 11.8 Å². The average Bonchev–Trinajstić information content (AvgIpc) is 2.50. The van der Waals surface area contributed by atoms with Crippen molar-refractivity contribution in [1.29, 1.82) is 0 Å². The van der Waals surface area contributed by atoms with Crippen LogP contribution in [0, 0.1) is 6.92 Å². The van der Waals surface area contributed by atoms with Gasteiger partial charge in [0.15, 0.2) is 0 Å². The molecule has 1 aromatic heterocycles. The van der Waals surface area contributed by atoms with Crippen molar-refractivity contribution in [3.05, 3.63) is 53.1 Å². The molecule has 3 N–H and O–H groups in total. The van der Waals surface area contributed by atoms with Gasteiger partial charge in [-0.25, -0.2) is 10.8 Å². The molecule has 0 aliphatic rings. The molecule has 0 saturated carbocycles. The number of nitrogens with two attached hydrogens (primary N) is 1. The lowest BCUT2D eigenvalue weighted by Crippen LogP contribution is -2.11. The van der Waals surface area contributed by atoms with E-state index in [1.807, 2.05) is 43.3 Å². The smallest absolute Gasteiger partial charge is 0.241 e. The number of benzene rings is 2. The number of anilines is 1. The van der Waals surface area contributed by atoms with Crippen molar-refractivity contribution in [3.63, 3.8) is 0 Å². The number of hydrogen-bond acceptors (Lipinski definition) is 5. The second kappa shape index (κ2) is 5.55. The Morgan fingerprint density at radius 2 is 1.95 bits per heavy atom. The van der Waals surface area contributed by atoms with E-state index in [1.165, 1.54) is 0 Å². The first kappa shape index (κ1) is 13.6. The Hall–Kier alpha value is -2.37. The molecule has 5 nitrogen and oxygen atoms in total. The number of nitrogens with one attached hydrogen (secondary N) is 1. The third kappa shape index (κ3) is 2.74. The summed E-state index contributed by atoms with van der Waals surface area (Å²) < 4.78 is 5.87. The van der Waals surface area contributed by atoms with Gasteiger partial charge in [-0.15, -0.1) is 0 Å². The molecule has 0 bridgehead atoms. The number of hydrazine groups is 1. The molecule has 3 rings (SSSR count). The molecule has 0 radical (unpaired) electrons. The Morgan fingerprint density at radius 3 is 2.76 bits per heavy atom. The standard InChI is InChI=1S/C15H13ClN4O/c1-9-6-7-11(16)13(8-9)21-14-10-4-2-3-5-12(10)18-15(19-14)20-17/h2-8H,17H2,1H3,(H,18,19,20). The zero-order valence-corrected chi connectivity index (χ0v) is 12.1. The van der Waals surface area contributed by atoms with Crippen molar-refractivity contribution in [2.75, 3.05) is 5.43 Å². The Morgan fingerprint density at radius 1 is 1.14 bits per heavy atom. The molecule has 0 aliphatic carbocycles. The molecule has 0 unspecified atom stereocenters. The third-order valence-electron chi connectivity index (χ3n) is 2.99. The van der Waals surface area contributed by atoms with Crippen LogP contribution in [-0.2, 0) is 0 Å². The van der Waals surface area contributed by atoms with E-state index in [0.29, 0.717) is 16.7 Å². The number of hydrogen-bond donors (Lipinski definition) is 2. The van der Waals surface area contributed by atoms with E-state index in [2.05, 4.69) is 15.4 Å². The van der Waals surface area contributed by atoms with E-state index in [9.17, 15) is 0 Å². The Labute approximate surface area is 126 Å². The fourth-order valence-electron chi connectivity index (χ4n) is 1.98. The highest BCUT2D eigenvalue weighted by molar-refractivity contribution is 6.32. The van der Waals surface area contributed by atoms with Gasteiger partial charge >= 0.3 is 0 Å². The molecule has 0 saturated heterocycles. The van der Waals surface area contributed by atoms with Gasteiger partial charge in [-0.1, -0.05) is 29.8 Å². The predicted molar refractivity (Wildman–Crippen MR) is 83.6 cm³/mol. The highest BCUT2D eigenvalue weighted by Gasteiger charge is 2.11. The van der Waals surface area contributed by atoms with Crippen molar-refractivity contribution >= 4 is 28.5 Å². The van der Waals surface area contributed by atoms with E-state index in [1.54, 1.807) is 6.07 Å². The summed E-state index contributed by atoms with van der Waals surface area (Å²) in [5.41, 5.74) is 4.22. The summed E-state index contributed by atoms with van der Waals surface area (Å²) in [4.78, 5) is 8.53. The Bertz CT molecular complexity index is 807. The van der Waals surface area contributed by atoms with Gasteiger partial charge in [0, 0.05) is 0 Å². The minimum atomic E-state index is 0.285. The maximum Gasteiger partial charge on any atom is 0.241 e. The molecule has 0 fully saturated rings. The Kier molecular flexibility index (Phi) is 3.60. The van der Waals surface area contributed by atoms with Gasteiger partial charge in [-0.2, -0.15) is 4.98 Å². The molecule has 106 valence electrons. The molecule has 6 heteroatoms. The first-order chi connectivity index (χ1) is 10.2. The number of aromatic nitrogens is 2. The van der Waals surface area contributed by atoms with Crippen LogP contribution in [0.5, 0.6) is 11.6 Å². The molecular weight excluding hydrogens is 288 g/mol. The van der Waals surface area contributed by atoms with E-state index < -0.39 is 0 Å². The van der Waals surface area contributed by atoms with E-state index in [4.69, 9.17) is 22.2 Å². The lowest BCUT2D eigenvalue weighted by atomic mass is 10.2. The van der Waals surface area contributed by atoms with Gasteiger partial charge < -0.3 is 4.74 Å². The minimum absolute atomic E-state index is 0.285. The lowest BCUT2D eigenvalue weighted by molar-refractivity contribution is 0.469. The number of fused-ring (bicyclic) bond motifs is 1. The number of nitrogen functional groups attached to an aromatic ring is 1. The van der Waals surface area contributed by atoms with Crippen LogP contribution in [0.15, 0.2) is 42.5 Å². The average molecular weight is 301 g/mol. The molecule has 3 aromatic rings. The molecular formula is C15H13ClN4O. The summed E-state index contributed by atoms with van der Waals surface area (Å²) in [6.07, 6.45) is 0. The molecule has 0 amide bonds. The maximum atomic E-state index is 6.16. The van der Waals surface area contributed by atoms with Crippen LogP contribution in [-0.4, -0.2) is 9.97 Å². The van der Waals surface area contributed by atoms with Crippen LogP contribution in [0.3, 0.4) is 0 Å². The van der Waals surface area contributed by atoms with Gasteiger partial charge in [0.1, 0.15) is 5.75 Å². The molecule has 0 atom stereocenters. The fraction of sp³-hybridized carbons (Fsp3) is 0.0667. The summed E-state index contributed by atoms with van der Waals surface area (Å²) in [7, 11) is 0. The Balaban J connectivity index is 2.13. The lowest BCUT2D eigenvalue weighted by Gasteiger charge is -2.11. The normalized spacial score (nSPS) is 10.6. The number of rotatable bonds is 3. The number of ether oxygens (including phenoxy) is 1. The summed E-state index contributed by atoms with van der Waals surface area (Å²) in [5.74, 6) is 6.63. The molecule has 0 spiro atoms. The van der Waals surface area contributed by atoms with Crippen molar-refractivity contribution < 1.29 is 4.74 Å². The maximum absolute atomic E-state index is 6.16. The topological polar surface area (TPSA) is 73.1 Å². The van der Waals surface area contributed by atoms with Crippen molar-refractivity contribution in [2.45, 2.75) is 6.92 Å². The van der Waals surface area contributed by atoms with Crippen LogP contribution in [0.1, 0.15) is 5.56 Å². The van der Waals surface area contributed by atoms with Gasteiger partial charge in [0.05, 0.1) is 15.9 Å². The van der Waals surface area contributed by atoms with E-state index in [-0.39, 0.29) is 5.95 Å². The largest absolute Gasteiger partial charge is 0.437 e. The van der Waals surface area contributed by atoms with Crippen molar-refractivity contribution in [1.82, 2.24) is 9.97 Å². The molecule has 21 heavy (non-hydrogen) atoms. The first-order valence-electron chi connectivity index (χ1n) is 6.35. The molecule has 1 heterocycles. The first-order valence-corrected chi connectivity index (χ1v) is 6.72. The van der Waals surface area contributed by atoms with Crippen LogP contribution < -0.4 is 16.0 Å². The highest BCUT2D eigenvalue weighted by atomic mass is 35.5. The number of nitrogens with zero attached hydrogens (tertiary/aromatic N) is 2. The van der Waals surface area contributed by atoms with Crippen LogP contribution in [0.25, 0.3) is 10.9 Å². The van der Waals surface area contributed by atoms with Gasteiger partial charge in [0.25, 0.3) is 0 Å².